The van der Waals surface area contributed by atoms with E-state index in [0.717, 1.165) is 37.3 Å². The fourth-order valence-electron chi connectivity index (χ4n) is 4.25. The first kappa shape index (κ1) is 19.6. The molecule has 8 heteroatoms. The summed E-state index contributed by atoms with van der Waals surface area (Å²) in [6.45, 7) is 3.72. The first-order chi connectivity index (χ1) is 13.9. The fourth-order valence-corrected chi connectivity index (χ4v) is 4.25. The standard InChI is InChI=1S/C21H26N4O4/c1-23-8-10-24(11-9-23)19(27)7-3-14-2-4-16-15(12-14)13-25(21(16)29)17-5-6-18(26)22-20(17)28/h2,4,12,17H,3,5-11,13H2,1H3,(H,22,26,28). The highest BCUT2D eigenvalue weighted by Crippen LogP contribution is 2.28. The van der Waals surface area contributed by atoms with Gasteiger partial charge in [-0.1, -0.05) is 12.1 Å². The summed E-state index contributed by atoms with van der Waals surface area (Å²) in [4.78, 5) is 54.4. The second kappa shape index (κ2) is 7.94. The molecule has 0 aromatic heterocycles. The zero-order chi connectivity index (χ0) is 20.5. The first-order valence-corrected chi connectivity index (χ1v) is 10.1. The number of piperazine rings is 1. The van der Waals surface area contributed by atoms with E-state index in [9.17, 15) is 19.2 Å². The van der Waals surface area contributed by atoms with Crippen molar-refractivity contribution >= 4 is 23.6 Å². The topological polar surface area (TPSA) is 90.0 Å². The van der Waals surface area contributed by atoms with E-state index in [1.807, 2.05) is 17.0 Å². The second-order valence-corrected chi connectivity index (χ2v) is 8.08. The molecule has 1 N–H and O–H groups in total. The molecule has 0 bridgehead atoms. The Hall–Kier alpha value is -2.74. The maximum atomic E-state index is 12.7. The molecule has 8 nitrogen and oxygen atoms in total. The van der Waals surface area contributed by atoms with Gasteiger partial charge in [0.15, 0.2) is 0 Å². The Labute approximate surface area is 169 Å². The summed E-state index contributed by atoms with van der Waals surface area (Å²) in [5.41, 5.74) is 2.50. The quantitative estimate of drug-likeness (QED) is 0.730. The third-order valence-electron chi connectivity index (χ3n) is 6.07. The summed E-state index contributed by atoms with van der Waals surface area (Å²) < 4.78 is 0. The van der Waals surface area contributed by atoms with Crippen molar-refractivity contribution in [1.29, 1.82) is 0 Å². The van der Waals surface area contributed by atoms with Crippen molar-refractivity contribution in [3.63, 3.8) is 0 Å². The third-order valence-corrected chi connectivity index (χ3v) is 6.07. The molecule has 1 unspecified atom stereocenters. The summed E-state index contributed by atoms with van der Waals surface area (Å²) in [5, 5.41) is 2.31. The van der Waals surface area contributed by atoms with Gasteiger partial charge in [0.25, 0.3) is 5.91 Å². The maximum absolute atomic E-state index is 12.7. The molecular formula is C21H26N4O4. The highest BCUT2D eigenvalue weighted by Gasteiger charge is 2.39. The van der Waals surface area contributed by atoms with Crippen LogP contribution in [0.15, 0.2) is 18.2 Å². The number of amides is 4. The number of likely N-dealkylation sites (N-methyl/N-ethyl adjacent to an activating group) is 1. The zero-order valence-corrected chi connectivity index (χ0v) is 16.6. The van der Waals surface area contributed by atoms with Gasteiger partial charge < -0.3 is 14.7 Å². The minimum absolute atomic E-state index is 0.167. The molecule has 2 fully saturated rings. The number of benzene rings is 1. The molecule has 4 rings (SSSR count). The molecule has 3 aliphatic rings. The van der Waals surface area contributed by atoms with Crippen molar-refractivity contribution in [2.24, 2.45) is 0 Å². The molecular weight excluding hydrogens is 372 g/mol. The molecule has 154 valence electrons. The summed E-state index contributed by atoms with van der Waals surface area (Å²) >= 11 is 0. The molecule has 0 aliphatic carbocycles. The van der Waals surface area contributed by atoms with E-state index < -0.39 is 11.9 Å². The van der Waals surface area contributed by atoms with Gasteiger partial charge in [0.05, 0.1) is 0 Å². The van der Waals surface area contributed by atoms with Crippen LogP contribution in [0.3, 0.4) is 0 Å². The van der Waals surface area contributed by atoms with Gasteiger partial charge in [0.1, 0.15) is 6.04 Å². The largest absolute Gasteiger partial charge is 0.340 e. The number of hydrogen-bond donors (Lipinski definition) is 1. The van der Waals surface area contributed by atoms with Crippen LogP contribution in [0.4, 0.5) is 0 Å². The Bertz CT molecular complexity index is 860. The number of carbonyl (C=O) groups excluding carboxylic acids is 4. The van der Waals surface area contributed by atoms with E-state index in [4.69, 9.17) is 0 Å². The number of nitrogens with one attached hydrogen (secondary N) is 1. The van der Waals surface area contributed by atoms with Gasteiger partial charge in [-0.15, -0.1) is 0 Å². The third kappa shape index (κ3) is 4.03. The van der Waals surface area contributed by atoms with Gasteiger partial charge in [0, 0.05) is 51.1 Å². The molecule has 4 amide bonds. The molecule has 29 heavy (non-hydrogen) atoms. The molecule has 0 spiro atoms. The Morgan fingerprint density at radius 3 is 2.62 bits per heavy atom. The lowest BCUT2D eigenvalue weighted by molar-refractivity contribution is -0.137. The lowest BCUT2D eigenvalue weighted by Gasteiger charge is -2.32. The Kier molecular flexibility index (Phi) is 5.36. The predicted molar refractivity (Wildman–Crippen MR) is 105 cm³/mol. The first-order valence-electron chi connectivity index (χ1n) is 10.1. The number of aryl methyl sites for hydroxylation is 1. The van der Waals surface area contributed by atoms with Crippen molar-refractivity contribution in [2.45, 2.75) is 38.3 Å². The SMILES string of the molecule is CN1CCN(C(=O)CCc2ccc3c(c2)CN(C2CCC(=O)NC2=O)C3=O)CC1. The van der Waals surface area contributed by atoms with E-state index >= 15 is 0 Å². The molecule has 1 aromatic rings. The van der Waals surface area contributed by atoms with Crippen molar-refractivity contribution in [2.75, 3.05) is 33.2 Å². The van der Waals surface area contributed by atoms with Crippen LogP contribution in [0.25, 0.3) is 0 Å². The van der Waals surface area contributed by atoms with Crippen LogP contribution in [-0.2, 0) is 27.3 Å². The van der Waals surface area contributed by atoms with Gasteiger partial charge in [-0.3, -0.25) is 24.5 Å². The second-order valence-electron chi connectivity index (χ2n) is 8.08. The number of hydrogen-bond acceptors (Lipinski definition) is 5. The lowest BCUT2D eigenvalue weighted by Crippen LogP contribution is -2.52. The molecule has 3 aliphatic heterocycles. The van der Waals surface area contributed by atoms with E-state index in [0.29, 0.717) is 31.4 Å². The average Bonchev–Trinajstić information content (AvgIpc) is 3.02. The Morgan fingerprint density at radius 1 is 1.14 bits per heavy atom. The lowest BCUT2D eigenvalue weighted by atomic mass is 10.0. The van der Waals surface area contributed by atoms with Crippen LogP contribution in [0.2, 0.25) is 0 Å². The molecule has 3 heterocycles. The minimum atomic E-state index is -0.602. The predicted octanol–water partition coefficient (Wildman–Crippen LogP) is 0.154. The number of imide groups is 1. The van der Waals surface area contributed by atoms with Gasteiger partial charge in [-0.25, -0.2) is 0 Å². The molecule has 2 saturated heterocycles. The maximum Gasteiger partial charge on any atom is 0.255 e. The van der Waals surface area contributed by atoms with Crippen LogP contribution in [0.5, 0.6) is 0 Å². The smallest absolute Gasteiger partial charge is 0.255 e. The molecule has 0 radical (unpaired) electrons. The van der Waals surface area contributed by atoms with Crippen LogP contribution in [-0.4, -0.2) is 77.6 Å². The van der Waals surface area contributed by atoms with E-state index in [-0.39, 0.29) is 24.1 Å². The number of piperidine rings is 1. The monoisotopic (exact) mass is 398 g/mol. The highest BCUT2D eigenvalue weighted by atomic mass is 16.2. The van der Waals surface area contributed by atoms with Crippen LogP contribution >= 0.6 is 0 Å². The fraction of sp³-hybridized carbons (Fsp3) is 0.524. The number of nitrogens with zero attached hydrogens (tertiary/aromatic N) is 3. The number of rotatable bonds is 4. The number of carbonyl (C=O) groups is 4. The van der Waals surface area contributed by atoms with Crippen LogP contribution in [0.1, 0.15) is 40.7 Å². The van der Waals surface area contributed by atoms with Crippen molar-refractivity contribution in [3.8, 4) is 0 Å². The van der Waals surface area contributed by atoms with Gasteiger partial charge in [0.2, 0.25) is 17.7 Å². The summed E-state index contributed by atoms with van der Waals surface area (Å²) in [5.74, 6) is -0.697. The van der Waals surface area contributed by atoms with Gasteiger partial charge in [-0.2, -0.15) is 0 Å². The number of fused-ring (bicyclic) bond motifs is 1. The Balaban J connectivity index is 1.38. The van der Waals surface area contributed by atoms with Crippen LogP contribution in [0, 0.1) is 0 Å². The zero-order valence-electron chi connectivity index (χ0n) is 16.6. The van der Waals surface area contributed by atoms with Crippen LogP contribution < -0.4 is 5.32 Å². The average molecular weight is 398 g/mol. The summed E-state index contributed by atoms with van der Waals surface area (Å²) in [6, 6.07) is 5.05. The summed E-state index contributed by atoms with van der Waals surface area (Å²) in [7, 11) is 2.06. The summed E-state index contributed by atoms with van der Waals surface area (Å²) in [6.07, 6.45) is 1.69. The van der Waals surface area contributed by atoms with Crippen molar-refractivity contribution in [1.82, 2.24) is 20.0 Å². The van der Waals surface area contributed by atoms with Gasteiger partial charge in [-0.05, 0) is 37.1 Å². The van der Waals surface area contributed by atoms with Crippen molar-refractivity contribution < 1.29 is 19.2 Å². The molecule has 1 atom stereocenters. The molecule has 1 aromatic carbocycles. The van der Waals surface area contributed by atoms with Crippen molar-refractivity contribution in [3.05, 3.63) is 34.9 Å². The highest BCUT2D eigenvalue weighted by molar-refractivity contribution is 6.05. The Morgan fingerprint density at radius 2 is 1.90 bits per heavy atom. The normalized spacial score (nSPS) is 22.7. The van der Waals surface area contributed by atoms with E-state index in [1.54, 1.807) is 11.0 Å². The van der Waals surface area contributed by atoms with E-state index in [2.05, 4.69) is 17.3 Å². The molecule has 0 saturated carbocycles. The minimum Gasteiger partial charge on any atom is -0.340 e. The van der Waals surface area contributed by atoms with Gasteiger partial charge >= 0.3 is 0 Å². The van der Waals surface area contributed by atoms with E-state index in [1.165, 1.54) is 0 Å².